The molecule has 1 fully saturated rings. The Morgan fingerprint density at radius 1 is 1.53 bits per heavy atom. The summed E-state index contributed by atoms with van der Waals surface area (Å²) in [7, 11) is 0. The van der Waals surface area contributed by atoms with Crippen LogP contribution in [0, 0.1) is 17.2 Å². The van der Waals surface area contributed by atoms with Gasteiger partial charge >= 0.3 is 6.18 Å². The van der Waals surface area contributed by atoms with Crippen LogP contribution in [0.4, 0.5) is 13.2 Å². The maximum Gasteiger partial charge on any atom is 0.435 e. The molecule has 104 valence electrons. The average Bonchev–Trinajstić information content (AvgIpc) is 3.08. The van der Waals surface area contributed by atoms with Gasteiger partial charge in [0.15, 0.2) is 5.69 Å². The molecule has 0 saturated heterocycles. The molecule has 0 bridgehead atoms. The minimum atomic E-state index is -4.45. The van der Waals surface area contributed by atoms with Gasteiger partial charge in [-0.1, -0.05) is 6.92 Å². The van der Waals surface area contributed by atoms with E-state index in [9.17, 15) is 18.4 Å². The third-order valence-electron chi connectivity index (χ3n) is 3.31. The monoisotopic (exact) mass is 272 g/mol. The van der Waals surface area contributed by atoms with Crippen LogP contribution in [-0.2, 0) is 12.7 Å². The van der Waals surface area contributed by atoms with Gasteiger partial charge in [0.05, 0.1) is 12.6 Å². The molecule has 2 rings (SSSR count). The van der Waals surface area contributed by atoms with Gasteiger partial charge in [0.2, 0.25) is 0 Å². The topological polar surface area (TPSA) is 53.6 Å². The molecule has 0 aromatic carbocycles. The smallest absolute Gasteiger partial charge is 0.298 e. The fourth-order valence-electron chi connectivity index (χ4n) is 2.24. The predicted molar refractivity (Wildman–Crippen MR) is 62.0 cm³/mol. The summed E-state index contributed by atoms with van der Waals surface area (Å²) in [5, 5.41) is 16.0. The minimum Gasteiger partial charge on any atom is -0.298 e. The van der Waals surface area contributed by atoms with Crippen molar-refractivity contribution < 1.29 is 13.2 Å². The van der Waals surface area contributed by atoms with E-state index in [4.69, 9.17) is 0 Å². The van der Waals surface area contributed by atoms with Crippen molar-refractivity contribution in [1.29, 1.82) is 5.26 Å². The van der Waals surface area contributed by atoms with Crippen LogP contribution >= 0.6 is 0 Å². The largest absolute Gasteiger partial charge is 0.435 e. The molecule has 1 unspecified atom stereocenters. The lowest BCUT2D eigenvalue weighted by Crippen LogP contribution is -2.49. The number of halogens is 3. The zero-order valence-corrected chi connectivity index (χ0v) is 10.5. The van der Waals surface area contributed by atoms with Crippen LogP contribution in [0.2, 0.25) is 0 Å². The molecule has 1 N–H and O–H groups in total. The summed E-state index contributed by atoms with van der Waals surface area (Å²) in [5.74, 6) is 0.191. The molecule has 0 amide bonds. The van der Waals surface area contributed by atoms with E-state index in [1.165, 1.54) is 10.9 Å². The molecule has 1 heterocycles. The number of likely N-dealkylation sites (N-methyl/N-ethyl adjacent to an activating group) is 1. The SMILES string of the molecule is CCNC(C#N)(Cn1ccc(C(F)(F)F)n1)C1CC1. The summed E-state index contributed by atoms with van der Waals surface area (Å²) < 4.78 is 38.6. The van der Waals surface area contributed by atoms with E-state index in [0.29, 0.717) is 6.54 Å². The Morgan fingerprint density at radius 3 is 2.63 bits per heavy atom. The molecule has 0 spiro atoms. The first-order chi connectivity index (χ1) is 8.91. The summed E-state index contributed by atoms with van der Waals surface area (Å²) >= 11 is 0. The van der Waals surface area contributed by atoms with Crippen molar-refractivity contribution in [2.75, 3.05) is 6.54 Å². The van der Waals surface area contributed by atoms with Gasteiger partial charge in [-0.2, -0.15) is 23.5 Å². The van der Waals surface area contributed by atoms with Crippen molar-refractivity contribution >= 4 is 0 Å². The molecule has 1 aromatic rings. The van der Waals surface area contributed by atoms with E-state index < -0.39 is 17.4 Å². The maximum atomic E-state index is 12.5. The number of nitriles is 1. The molecule has 0 aliphatic heterocycles. The molecule has 1 aliphatic rings. The summed E-state index contributed by atoms with van der Waals surface area (Å²) in [6.45, 7) is 2.61. The summed E-state index contributed by atoms with van der Waals surface area (Å²) in [5.41, 5.74) is -1.74. The van der Waals surface area contributed by atoms with Crippen molar-refractivity contribution in [2.24, 2.45) is 5.92 Å². The third kappa shape index (κ3) is 2.89. The van der Waals surface area contributed by atoms with Crippen molar-refractivity contribution in [3.05, 3.63) is 18.0 Å². The number of nitrogens with zero attached hydrogens (tertiary/aromatic N) is 3. The Kier molecular flexibility index (Phi) is 3.54. The van der Waals surface area contributed by atoms with Gasteiger partial charge in [-0.3, -0.25) is 10.00 Å². The van der Waals surface area contributed by atoms with Gasteiger partial charge < -0.3 is 0 Å². The highest BCUT2D eigenvalue weighted by Gasteiger charge is 2.46. The summed E-state index contributed by atoms with van der Waals surface area (Å²) in [6, 6.07) is 3.15. The Bertz CT molecular complexity index is 484. The highest BCUT2D eigenvalue weighted by molar-refractivity contribution is 5.15. The van der Waals surface area contributed by atoms with Crippen LogP contribution in [0.25, 0.3) is 0 Å². The van der Waals surface area contributed by atoms with E-state index in [2.05, 4.69) is 16.5 Å². The number of hydrogen-bond donors (Lipinski definition) is 1. The van der Waals surface area contributed by atoms with E-state index in [1.807, 2.05) is 6.92 Å². The minimum absolute atomic E-state index is 0.137. The van der Waals surface area contributed by atoms with Crippen LogP contribution in [0.15, 0.2) is 12.3 Å². The molecule has 1 aliphatic carbocycles. The zero-order chi connectivity index (χ0) is 14.1. The second kappa shape index (κ2) is 4.85. The molecule has 0 radical (unpaired) electrons. The Morgan fingerprint density at radius 2 is 2.21 bits per heavy atom. The van der Waals surface area contributed by atoms with Crippen LogP contribution < -0.4 is 5.32 Å². The molecule has 1 saturated carbocycles. The quantitative estimate of drug-likeness (QED) is 0.894. The van der Waals surface area contributed by atoms with E-state index in [1.54, 1.807) is 0 Å². The van der Waals surface area contributed by atoms with Crippen molar-refractivity contribution in [2.45, 2.75) is 38.0 Å². The fourth-order valence-corrected chi connectivity index (χ4v) is 2.24. The first-order valence-corrected chi connectivity index (χ1v) is 6.18. The maximum absolute atomic E-state index is 12.5. The van der Waals surface area contributed by atoms with Gasteiger partial charge in [-0.05, 0) is 31.4 Å². The lowest BCUT2D eigenvalue weighted by molar-refractivity contribution is -0.141. The summed E-state index contributed by atoms with van der Waals surface area (Å²) in [4.78, 5) is 0. The van der Waals surface area contributed by atoms with Gasteiger partial charge in [-0.15, -0.1) is 0 Å². The number of alkyl halides is 3. The van der Waals surface area contributed by atoms with E-state index >= 15 is 0 Å². The lowest BCUT2D eigenvalue weighted by atomic mass is 9.95. The van der Waals surface area contributed by atoms with Gasteiger partial charge in [0.1, 0.15) is 5.54 Å². The molecular weight excluding hydrogens is 257 g/mol. The van der Waals surface area contributed by atoms with Crippen LogP contribution in [0.3, 0.4) is 0 Å². The number of aromatic nitrogens is 2. The average molecular weight is 272 g/mol. The second-order valence-electron chi connectivity index (χ2n) is 4.78. The van der Waals surface area contributed by atoms with Crippen LogP contribution in [0.5, 0.6) is 0 Å². The van der Waals surface area contributed by atoms with Gasteiger partial charge in [0, 0.05) is 6.20 Å². The first kappa shape index (κ1) is 13.9. The molecule has 1 aromatic heterocycles. The Balaban J connectivity index is 2.18. The van der Waals surface area contributed by atoms with Crippen molar-refractivity contribution in [3.63, 3.8) is 0 Å². The predicted octanol–water partition coefficient (Wildman–Crippen LogP) is 2.18. The molecule has 1 atom stereocenters. The Hall–Kier alpha value is -1.55. The van der Waals surface area contributed by atoms with E-state index in [-0.39, 0.29) is 12.5 Å². The summed E-state index contributed by atoms with van der Waals surface area (Å²) in [6.07, 6.45) is -1.32. The Labute approximate surface area is 109 Å². The second-order valence-corrected chi connectivity index (χ2v) is 4.78. The molecule has 19 heavy (non-hydrogen) atoms. The number of rotatable bonds is 5. The normalized spacial score (nSPS) is 18.9. The van der Waals surface area contributed by atoms with Gasteiger partial charge in [-0.25, -0.2) is 0 Å². The third-order valence-corrected chi connectivity index (χ3v) is 3.31. The standard InChI is InChI=1S/C12H15F3N4/c1-2-17-11(7-16,9-3-4-9)8-19-6-5-10(18-19)12(13,14)15/h5-6,9,17H,2-4,8H2,1H3. The van der Waals surface area contributed by atoms with Crippen molar-refractivity contribution in [3.8, 4) is 6.07 Å². The van der Waals surface area contributed by atoms with Crippen LogP contribution in [-0.4, -0.2) is 21.9 Å². The van der Waals surface area contributed by atoms with Crippen molar-refractivity contribution in [1.82, 2.24) is 15.1 Å². The highest BCUT2D eigenvalue weighted by Crippen LogP contribution is 2.40. The fraction of sp³-hybridized carbons (Fsp3) is 0.667. The van der Waals surface area contributed by atoms with Gasteiger partial charge in [0.25, 0.3) is 0 Å². The molecule has 4 nitrogen and oxygen atoms in total. The van der Waals surface area contributed by atoms with Crippen LogP contribution in [0.1, 0.15) is 25.5 Å². The number of nitrogens with one attached hydrogen (secondary N) is 1. The lowest BCUT2D eigenvalue weighted by Gasteiger charge is -2.27. The molecule has 7 heteroatoms. The number of hydrogen-bond acceptors (Lipinski definition) is 3. The van der Waals surface area contributed by atoms with E-state index in [0.717, 1.165) is 18.9 Å². The highest BCUT2D eigenvalue weighted by atomic mass is 19.4. The molecular formula is C12H15F3N4. The zero-order valence-electron chi connectivity index (χ0n) is 10.5. The first-order valence-electron chi connectivity index (χ1n) is 6.18.